The zero-order valence-electron chi connectivity index (χ0n) is 29.0. The Labute approximate surface area is 285 Å². The fourth-order valence-electron chi connectivity index (χ4n) is 6.04. The largest absolute Gasteiger partial charge is 0.497 e. The molecule has 9 heteroatoms. The number of hydrogen-bond donors (Lipinski definition) is 2. The molecule has 1 saturated heterocycles. The molecule has 262 valence electrons. The Hall–Kier alpha value is -3.28. The van der Waals surface area contributed by atoms with Crippen LogP contribution in [-0.2, 0) is 43.5 Å². The molecule has 1 unspecified atom stereocenters. The first-order chi connectivity index (χ1) is 23.1. The Morgan fingerprint density at radius 1 is 0.812 bits per heavy atom. The summed E-state index contributed by atoms with van der Waals surface area (Å²) in [5.74, 6) is 0.0340. The van der Waals surface area contributed by atoms with Gasteiger partial charge in [0.25, 0.3) is 0 Å². The molecule has 1 heterocycles. The Morgan fingerprint density at radius 2 is 1.38 bits per heavy atom. The highest BCUT2D eigenvalue weighted by atomic mass is 16.7. The Bertz CT molecular complexity index is 1380. The monoisotopic (exact) mass is 664 g/mol. The van der Waals surface area contributed by atoms with Crippen molar-refractivity contribution >= 4 is 0 Å². The van der Waals surface area contributed by atoms with Gasteiger partial charge in [0.15, 0.2) is 0 Å². The van der Waals surface area contributed by atoms with Gasteiger partial charge in [0.1, 0.15) is 17.6 Å². The SMILES string of the molecule is COc1ccc(COCC=CC(C)(C)[C@]2(OC)O[C@H](CC(OCc3ccc(OC)cc3)[C@@H](C)OCc3ccccc3)C[C@H](O)[C@@H]2O)cc1. The molecule has 0 aromatic heterocycles. The summed E-state index contributed by atoms with van der Waals surface area (Å²) in [6.45, 7) is 7.37. The van der Waals surface area contributed by atoms with Crippen molar-refractivity contribution < 1.29 is 43.4 Å². The van der Waals surface area contributed by atoms with E-state index in [1.807, 2.05) is 112 Å². The second kappa shape index (κ2) is 17.9. The maximum Gasteiger partial charge on any atom is 0.205 e. The molecule has 1 aliphatic rings. The lowest BCUT2D eigenvalue weighted by molar-refractivity contribution is -0.367. The van der Waals surface area contributed by atoms with Gasteiger partial charge in [-0.1, -0.05) is 80.6 Å². The van der Waals surface area contributed by atoms with E-state index in [-0.39, 0.29) is 18.6 Å². The number of aliphatic hydroxyl groups is 2. The van der Waals surface area contributed by atoms with E-state index < -0.39 is 29.5 Å². The molecule has 2 N–H and O–H groups in total. The lowest BCUT2D eigenvalue weighted by Gasteiger charge is -2.53. The van der Waals surface area contributed by atoms with Gasteiger partial charge in [-0.2, -0.15) is 0 Å². The number of methoxy groups -OCH3 is 3. The van der Waals surface area contributed by atoms with Crippen molar-refractivity contribution in [3.8, 4) is 11.5 Å². The van der Waals surface area contributed by atoms with Crippen molar-refractivity contribution in [2.75, 3.05) is 27.9 Å². The predicted molar refractivity (Wildman–Crippen MR) is 184 cm³/mol. The summed E-state index contributed by atoms with van der Waals surface area (Å²) in [7, 11) is 4.77. The van der Waals surface area contributed by atoms with Crippen LogP contribution in [0, 0.1) is 5.41 Å². The van der Waals surface area contributed by atoms with Gasteiger partial charge in [-0.15, -0.1) is 0 Å². The standard InChI is InChI=1S/C39H52O9/c1-28(46-26-29-11-8-7-9-12-29)36(47-27-31-15-19-33(43-5)20-16-31)24-34-23-35(40)37(41)39(44-6,48-34)38(2,3)21-10-22-45-25-30-13-17-32(42-4)18-14-30/h7-21,28,34-37,40-41H,22-27H2,1-6H3/t28-,34+,35+,36?,37+,39-/m1/s1. The summed E-state index contributed by atoms with van der Waals surface area (Å²) in [5.41, 5.74) is 2.23. The smallest absolute Gasteiger partial charge is 0.205 e. The van der Waals surface area contributed by atoms with E-state index in [1.54, 1.807) is 14.2 Å². The van der Waals surface area contributed by atoms with Crippen LogP contribution in [0.4, 0.5) is 0 Å². The normalized spacial score (nSPS) is 22.8. The number of hydrogen-bond acceptors (Lipinski definition) is 9. The van der Waals surface area contributed by atoms with Crippen LogP contribution in [0.1, 0.15) is 50.3 Å². The molecule has 6 atom stereocenters. The molecule has 48 heavy (non-hydrogen) atoms. The van der Waals surface area contributed by atoms with Gasteiger partial charge in [0.2, 0.25) is 5.79 Å². The third kappa shape index (κ3) is 9.89. The lowest BCUT2D eigenvalue weighted by atomic mass is 9.75. The molecule has 4 rings (SSSR count). The van der Waals surface area contributed by atoms with Crippen molar-refractivity contribution in [3.63, 3.8) is 0 Å². The van der Waals surface area contributed by atoms with Crippen LogP contribution in [0.15, 0.2) is 91.0 Å². The third-order valence-corrected chi connectivity index (χ3v) is 8.98. The highest BCUT2D eigenvalue weighted by Crippen LogP contribution is 2.45. The molecule has 0 spiro atoms. The first-order valence-electron chi connectivity index (χ1n) is 16.5. The average Bonchev–Trinajstić information content (AvgIpc) is 3.11. The summed E-state index contributed by atoms with van der Waals surface area (Å²) in [6.07, 6.45) is 0.867. The highest BCUT2D eigenvalue weighted by Gasteiger charge is 2.58. The molecule has 0 amide bonds. The van der Waals surface area contributed by atoms with Crippen LogP contribution < -0.4 is 9.47 Å². The molecular formula is C39H52O9. The second-order valence-electron chi connectivity index (χ2n) is 12.8. The molecule has 9 nitrogen and oxygen atoms in total. The van der Waals surface area contributed by atoms with E-state index in [4.69, 9.17) is 33.2 Å². The van der Waals surface area contributed by atoms with Crippen LogP contribution in [0.25, 0.3) is 0 Å². The summed E-state index contributed by atoms with van der Waals surface area (Å²) < 4.78 is 41.8. The molecule has 0 radical (unpaired) electrons. The molecule has 3 aromatic rings. The minimum atomic E-state index is -1.53. The van der Waals surface area contributed by atoms with Gasteiger partial charge in [0.05, 0.1) is 65.1 Å². The summed E-state index contributed by atoms with van der Waals surface area (Å²) in [4.78, 5) is 0. The number of benzene rings is 3. The first-order valence-corrected chi connectivity index (χ1v) is 16.5. The van der Waals surface area contributed by atoms with Crippen LogP contribution >= 0.6 is 0 Å². The summed E-state index contributed by atoms with van der Waals surface area (Å²) in [6, 6.07) is 25.4. The lowest BCUT2D eigenvalue weighted by Crippen LogP contribution is -2.65. The van der Waals surface area contributed by atoms with Gasteiger partial charge in [0, 0.05) is 25.4 Å². The van der Waals surface area contributed by atoms with E-state index in [9.17, 15) is 10.2 Å². The van der Waals surface area contributed by atoms with Crippen molar-refractivity contribution in [1.82, 2.24) is 0 Å². The molecule has 0 saturated carbocycles. The topological polar surface area (TPSA) is 105 Å². The van der Waals surface area contributed by atoms with E-state index in [0.717, 1.165) is 28.2 Å². The van der Waals surface area contributed by atoms with E-state index >= 15 is 0 Å². The van der Waals surface area contributed by atoms with Crippen LogP contribution in [0.3, 0.4) is 0 Å². The molecule has 1 fully saturated rings. The van der Waals surface area contributed by atoms with Crippen LogP contribution in [-0.4, -0.2) is 74.5 Å². The quantitative estimate of drug-likeness (QED) is 0.121. The highest BCUT2D eigenvalue weighted by molar-refractivity contribution is 5.27. The second-order valence-corrected chi connectivity index (χ2v) is 12.8. The Kier molecular flexibility index (Phi) is 14.0. The molecule has 0 aliphatic carbocycles. The van der Waals surface area contributed by atoms with Crippen molar-refractivity contribution in [2.45, 2.75) is 89.7 Å². The fraction of sp³-hybridized carbons (Fsp3) is 0.487. The van der Waals surface area contributed by atoms with Crippen LogP contribution in [0.2, 0.25) is 0 Å². The maximum atomic E-state index is 11.3. The number of ether oxygens (including phenoxy) is 7. The van der Waals surface area contributed by atoms with Gasteiger partial charge in [-0.3, -0.25) is 0 Å². The molecule has 1 aliphatic heterocycles. The van der Waals surface area contributed by atoms with Crippen LogP contribution in [0.5, 0.6) is 11.5 Å². The van der Waals surface area contributed by atoms with Crippen molar-refractivity contribution in [2.24, 2.45) is 5.41 Å². The van der Waals surface area contributed by atoms with Gasteiger partial charge < -0.3 is 43.4 Å². The zero-order valence-corrected chi connectivity index (χ0v) is 29.0. The summed E-state index contributed by atoms with van der Waals surface area (Å²) in [5, 5.41) is 22.5. The third-order valence-electron chi connectivity index (χ3n) is 8.98. The van der Waals surface area contributed by atoms with E-state index in [2.05, 4.69) is 0 Å². The van der Waals surface area contributed by atoms with E-state index in [1.165, 1.54) is 7.11 Å². The number of rotatable bonds is 18. The van der Waals surface area contributed by atoms with Crippen molar-refractivity contribution in [3.05, 3.63) is 108 Å². The zero-order chi connectivity index (χ0) is 34.6. The first kappa shape index (κ1) is 37.5. The van der Waals surface area contributed by atoms with E-state index in [0.29, 0.717) is 32.8 Å². The number of aliphatic hydroxyl groups excluding tert-OH is 2. The molecule has 3 aromatic carbocycles. The maximum absolute atomic E-state index is 11.3. The Balaban J connectivity index is 1.45. The van der Waals surface area contributed by atoms with Crippen molar-refractivity contribution in [1.29, 1.82) is 0 Å². The Morgan fingerprint density at radius 3 is 1.96 bits per heavy atom. The van der Waals surface area contributed by atoms with Gasteiger partial charge in [-0.25, -0.2) is 0 Å². The molecule has 0 bridgehead atoms. The molecular weight excluding hydrogens is 612 g/mol. The predicted octanol–water partition coefficient (Wildman–Crippen LogP) is 6.24. The average molecular weight is 665 g/mol. The fourth-order valence-corrected chi connectivity index (χ4v) is 6.04. The minimum absolute atomic E-state index is 0.213. The summed E-state index contributed by atoms with van der Waals surface area (Å²) >= 11 is 0. The van der Waals surface area contributed by atoms with Gasteiger partial charge >= 0.3 is 0 Å². The van der Waals surface area contributed by atoms with Gasteiger partial charge in [-0.05, 0) is 47.9 Å². The minimum Gasteiger partial charge on any atom is -0.497 e.